The fourth-order valence-corrected chi connectivity index (χ4v) is 3.51. The first kappa shape index (κ1) is 20.0. The molecule has 4 aromatic rings. The Morgan fingerprint density at radius 3 is 2.63 bits per heavy atom. The third kappa shape index (κ3) is 4.31. The lowest BCUT2D eigenvalue weighted by Crippen LogP contribution is -2.19. The summed E-state index contributed by atoms with van der Waals surface area (Å²) in [5.74, 6) is 0.786. The normalized spacial score (nSPS) is 10.9. The summed E-state index contributed by atoms with van der Waals surface area (Å²) in [7, 11) is 1.99. The van der Waals surface area contributed by atoms with Gasteiger partial charge in [0.05, 0.1) is 5.69 Å². The van der Waals surface area contributed by atoms with Gasteiger partial charge in [0.1, 0.15) is 13.7 Å². The molecule has 0 bridgehead atoms. The van der Waals surface area contributed by atoms with Crippen LogP contribution in [0.25, 0.3) is 16.9 Å². The molecule has 0 spiro atoms. The Labute approximate surface area is 180 Å². The van der Waals surface area contributed by atoms with Gasteiger partial charge in [-0.2, -0.15) is 9.61 Å². The van der Waals surface area contributed by atoms with E-state index in [1.54, 1.807) is 10.7 Å². The van der Waals surface area contributed by atoms with E-state index in [9.17, 15) is 4.79 Å². The minimum atomic E-state index is -0.0427. The summed E-state index contributed by atoms with van der Waals surface area (Å²) in [5, 5.41) is 11.4. The number of fused-ring (bicyclic) bond motifs is 1. The molecule has 2 heterocycles. The highest BCUT2D eigenvalue weighted by Crippen LogP contribution is 2.28. The van der Waals surface area contributed by atoms with Gasteiger partial charge in [0, 0.05) is 42.9 Å². The molecule has 0 unspecified atom stereocenters. The topological polar surface area (TPSA) is 71.3 Å². The molecule has 30 heavy (non-hydrogen) atoms. The smallest absolute Gasteiger partial charge is 0.217 e. The molecule has 8 heteroatoms. The van der Waals surface area contributed by atoms with Crippen molar-refractivity contribution in [1.29, 1.82) is 0 Å². The van der Waals surface area contributed by atoms with Crippen molar-refractivity contribution in [3.05, 3.63) is 76.9 Å². The number of aromatic nitrogens is 3. The van der Waals surface area contributed by atoms with Gasteiger partial charge in [0.15, 0.2) is 5.65 Å². The number of carbonyl (C=O) groups excluding carboxylic acids is 1. The van der Waals surface area contributed by atoms with Crippen LogP contribution in [0.2, 0.25) is 5.02 Å². The number of hydrogen-bond donors (Lipinski definition) is 2. The van der Waals surface area contributed by atoms with Gasteiger partial charge in [-0.05, 0) is 22.7 Å². The second-order valence-electron chi connectivity index (χ2n) is 7.15. The van der Waals surface area contributed by atoms with Gasteiger partial charge in [0.2, 0.25) is 5.91 Å². The summed E-state index contributed by atoms with van der Waals surface area (Å²) in [6, 6.07) is 17.7. The van der Waals surface area contributed by atoms with Crippen LogP contribution < -0.4 is 16.1 Å². The number of hydrogen-bond acceptors (Lipinski definition) is 4. The van der Waals surface area contributed by atoms with E-state index in [4.69, 9.17) is 16.6 Å². The summed E-state index contributed by atoms with van der Waals surface area (Å²) in [6.07, 6.45) is 1.80. The molecule has 2 aromatic carbocycles. The Morgan fingerprint density at radius 2 is 1.87 bits per heavy atom. The van der Waals surface area contributed by atoms with Crippen molar-refractivity contribution in [2.24, 2.45) is 0 Å². The first-order chi connectivity index (χ1) is 14.5. The van der Waals surface area contributed by atoms with Crippen molar-refractivity contribution in [1.82, 2.24) is 19.9 Å². The average molecular weight is 418 g/mol. The zero-order valence-corrected chi connectivity index (χ0v) is 17.6. The van der Waals surface area contributed by atoms with Gasteiger partial charge in [0.25, 0.3) is 0 Å². The highest BCUT2D eigenvalue weighted by molar-refractivity contribution is 6.36. The van der Waals surface area contributed by atoms with Crippen LogP contribution >= 0.6 is 11.6 Å². The van der Waals surface area contributed by atoms with Crippen LogP contribution in [0, 0.1) is 0 Å². The Balaban J connectivity index is 1.64. The van der Waals surface area contributed by atoms with Crippen molar-refractivity contribution < 1.29 is 4.79 Å². The van der Waals surface area contributed by atoms with E-state index < -0.39 is 0 Å². The Morgan fingerprint density at radius 1 is 1.10 bits per heavy atom. The van der Waals surface area contributed by atoms with Gasteiger partial charge in [-0.25, -0.2) is 4.98 Å². The molecule has 0 atom stereocenters. The number of benzene rings is 2. The fraction of sp³-hybridized carbons (Fsp3) is 0.136. The summed E-state index contributed by atoms with van der Waals surface area (Å²) in [5.41, 5.74) is 5.60. The highest BCUT2D eigenvalue weighted by Gasteiger charge is 2.12. The number of nitrogens with one attached hydrogen (secondary N) is 2. The summed E-state index contributed by atoms with van der Waals surface area (Å²) < 4.78 is 1.80. The maximum Gasteiger partial charge on any atom is 0.217 e. The number of nitrogens with zero attached hydrogens (tertiary/aromatic N) is 3. The molecule has 150 valence electrons. The quantitative estimate of drug-likeness (QED) is 0.473. The van der Waals surface area contributed by atoms with E-state index in [-0.39, 0.29) is 5.91 Å². The van der Waals surface area contributed by atoms with Crippen LogP contribution in [0.1, 0.15) is 18.1 Å². The molecule has 1 amide bonds. The molecule has 0 aliphatic carbocycles. The van der Waals surface area contributed by atoms with Gasteiger partial charge >= 0.3 is 0 Å². The fourth-order valence-electron chi connectivity index (χ4n) is 3.27. The van der Waals surface area contributed by atoms with Crippen LogP contribution in [-0.2, 0) is 17.9 Å². The van der Waals surface area contributed by atoms with Gasteiger partial charge < -0.3 is 10.6 Å². The molecule has 0 fully saturated rings. The largest absolute Gasteiger partial charge is 0.366 e. The van der Waals surface area contributed by atoms with Crippen LogP contribution in [0.5, 0.6) is 0 Å². The molecule has 0 aliphatic rings. The summed E-state index contributed by atoms with van der Waals surface area (Å²) >= 11 is 6.41. The minimum absolute atomic E-state index is 0.0427. The van der Waals surface area contributed by atoms with E-state index >= 15 is 0 Å². The zero-order chi connectivity index (χ0) is 21.1. The van der Waals surface area contributed by atoms with Crippen LogP contribution in [-0.4, -0.2) is 28.4 Å². The number of anilines is 1. The second-order valence-corrected chi connectivity index (χ2v) is 7.56. The van der Waals surface area contributed by atoms with Crippen molar-refractivity contribution in [3.63, 3.8) is 0 Å². The first-order valence-corrected chi connectivity index (χ1v) is 10.1. The van der Waals surface area contributed by atoms with Gasteiger partial charge in [-0.15, -0.1) is 0 Å². The van der Waals surface area contributed by atoms with Crippen LogP contribution in [0.3, 0.4) is 0 Å². The van der Waals surface area contributed by atoms with E-state index in [0.29, 0.717) is 18.1 Å². The van der Waals surface area contributed by atoms with E-state index in [0.717, 1.165) is 39.3 Å². The molecule has 0 saturated heterocycles. The molecule has 0 saturated carbocycles. The molecular formula is C22H21BClN5O. The molecule has 2 N–H and O–H groups in total. The average Bonchev–Trinajstić information content (AvgIpc) is 3.12. The van der Waals surface area contributed by atoms with Crippen molar-refractivity contribution >= 4 is 42.3 Å². The maximum absolute atomic E-state index is 11.2. The minimum Gasteiger partial charge on any atom is -0.366 e. The van der Waals surface area contributed by atoms with Gasteiger partial charge in [-0.3, -0.25) is 4.79 Å². The van der Waals surface area contributed by atoms with Gasteiger partial charge in [-0.1, -0.05) is 54.1 Å². The molecular weight excluding hydrogens is 397 g/mol. The van der Waals surface area contributed by atoms with Crippen molar-refractivity contribution in [2.75, 3.05) is 5.32 Å². The molecule has 6 nitrogen and oxygen atoms in total. The summed E-state index contributed by atoms with van der Waals surface area (Å²) in [4.78, 5) is 15.9. The number of rotatable bonds is 6. The zero-order valence-electron chi connectivity index (χ0n) is 16.8. The Kier molecular flexibility index (Phi) is 5.72. The SMILES string of the molecule is Bc1cnn2c(NCc3cccc(CNC(C)=O)c3)cc(-c3ccccc3Cl)nc12. The Hall–Kier alpha value is -3.32. The number of amides is 1. The number of halogens is 1. The number of carbonyl (C=O) groups is 1. The predicted octanol–water partition coefficient (Wildman–Crippen LogP) is 2.56. The lowest BCUT2D eigenvalue weighted by Gasteiger charge is -2.12. The predicted molar refractivity (Wildman–Crippen MR) is 123 cm³/mol. The monoisotopic (exact) mass is 417 g/mol. The summed E-state index contributed by atoms with van der Waals surface area (Å²) in [6.45, 7) is 2.63. The second kappa shape index (κ2) is 8.59. The van der Waals surface area contributed by atoms with Crippen LogP contribution in [0.4, 0.5) is 5.82 Å². The standard InChI is InChI=1S/C22H21BClN5O/c1-14(30)25-11-15-5-4-6-16(9-15)12-26-21-10-20(17-7-2-3-8-19(17)24)28-22-18(23)13-27-29(21)22/h2-10,13,26H,11-12,23H2,1H3,(H,25,30). The molecule has 0 radical (unpaired) electrons. The molecule has 2 aromatic heterocycles. The van der Waals surface area contributed by atoms with E-state index in [1.165, 1.54) is 6.92 Å². The van der Waals surface area contributed by atoms with Crippen molar-refractivity contribution in [3.8, 4) is 11.3 Å². The highest BCUT2D eigenvalue weighted by atomic mass is 35.5. The maximum atomic E-state index is 11.2. The first-order valence-electron chi connectivity index (χ1n) is 9.67. The molecule has 0 aliphatic heterocycles. The van der Waals surface area contributed by atoms with Crippen molar-refractivity contribution in [2.45, 2.75) is 20.0 Å². The lowest BCUT2D eigenvalue weighted by atomic mass is 10.0. The van der Waals surface area contributed by atoms with E-state index in [2.05, 4.69) is 21.8 Å². The third-order valence-electron chi connectivity index (χ3n) is 4.80. The van der Waals surface area contributed by atoms with Crippen LogP contribution in [0.15, 0.2) is 60.8 Å². The van der Waals surface area contributed by atoms with E-state index in [1.807, 2.05) is 56.4 Å². The Bertz CT molecular complexity index is 1220. The molecule has 4 rings (SSSR count). The lowest BCUT2D eigenvalue weighted by molar-refractivity contribution is -0.119. The third-order valence-corrected chi connectivity index (χ3v) is 5.13.